The first-order chi connectivity index (χ1) is 13.0. The van der Waals surface area contributed by atoms with Crippen LogP contribution in [-0.4, -0.2) is 60.3 Å². The van der Waals surface area contributed by atoms with Crippen LogP contribution in [0.3, 0.4) is 0 Å². The van der Waals surface area contributed by atoms with E-state index in [1.807, 2.05) is 48.4 Å². The number of rotatable bonds is 8. The Morgan fingerprint density at radius 1 is 1.22 bits per heavy atom. The summed E-state index contributed by atoms with van der Waals surface area (Å²) in [4.78, 5) is 18.3. The summed E-state index contributed by atoms with van der Waals surface area (Å²) in [6.07, 6.45) is 5.59. The van der Waals surface area contributed by atoms with Gasteiger partial charge in [-0.25, -0.2) is 0 Å². The molecule has 0 unspecified atom stereocenters. The van der Waals surface area contributed by atoms with Gasteiger partial charge in [0.15, 0.2) is 5.96 Å². The molecule has 0 aliphatic carbocycles. The SMILES string of the molecule is CCNC(=NCCc1cccc(C(=O)N(C)C)c1)NCCc1cnn(C)c1. The molecule has 1 amide bonds. The Balaban J connectivity index is 1.87. The van der Waals surface area contributed by atoms with Gasteiger partial charge in [0.1, 0.15) is 0 Å². The second-order valence-corrected chi connectivity index (χ2v) is 6.61. The van der Waals surface area contributed by atoms with Gasteiger partial charge < -0.3 is 15.5 Å². The molecule has 27 heavy (non-hydrogen) atoms. The van der Waals surface area contributed by atoms with Crippen molar-refractivity contribution in [3.8, 4) is 0 Å². The van der Waals surface area contributed by atoms with E-state index in [1.54, 1.807) is 19.0 Å². The minimum absolute atomic E-state index is 0.0192. The number of benzene rings is 1. The third-order valence-corrected chi connectivity index (χ3v) is 4.06. The number of carbonyl (C=O) groups excluding carboxylic acids is 1. The molecule has 0 aliphatic heterocycles. The van der Waals surface area contributed by atoms with Crippen molar-refractivity contribution in [1.29, 1.82) is 0 Å². The van der Waals surface area contributed by atoms with E-state index in [0.29, 0.717) is 12.1 Å². The van der Waals surface area contributed by atoms with Crippen molar-refractivity contribution in [3.05, 3.63) is 53.3 Å². The van der Waals surface area contributed by atoms with E-state index in [9.17, 15) is 4.79 Å². The smallest absolute Gasteiger partial charge is 0.253 e. The van der Waals surface area contributed by atoms with Crippen LogP contribution in [0.5, 0.6) is 0 Å². The van der Waals surface area contributed by atoms with Gasteiger partial charge in [0.2, 0.25) is 0 Å². The number of hydrogen-bond acceptors (Lipinski definition) is 3. The highest BCUT2D eigenvalue weighted by atomic mass is 16.2. The molecule has 0 aliphatic rings. The maximum Gasteiger partial charge on any atom is 0.253 e. The molecule has 7 heteroatoms. The number of aryl methyl sites for hydroxylation is 1. The molecule has 2 aromatic rings. The Morgan fingerprint density at radius 3 is 2.70 bits per heavy atom. The van der Waals surface area contributed by atoms with Gasteiger partial charge in [-0.1, -0.05) is 12.1 Å². The van der Waals surface area contributed by atoms with E-state index in [2.05, 4.69) is 27.6 Å². The second kappa shape index (κ2) is 10.4. The third kappa shape index (κ3) is 6.77. The summed E-state index contributed by atoms with van der Waals surface area (Å²) >= 11 is 0. The number of carbonyl (C=O) groups is 1. The van der Waals surface area contributed by atoms with Gasteiger partial charge >= 0.3 is 0 Å². The predicted octanol–water partition coefficient (Wildman–Crippen LogP) is 1.46. The molecular weight excluding hydrogens is 340 g/mol. The van der Waals surface area contributed by atoms with Gasteiger partial charge in [-0.3, -0.25) is 14.5 Å². The fourth-order valence-corrected chi connectivity index (χ4v) is 2.68. The maximum absolute atomic E-state index is 12.1. The Morgan fingerprint density at radius 2 is 2.04 bits per heavy atom. The number of aliphatic imine (C=N–C) groups is 1. The molecule has 0 spiro atoms. The molecule has 2 rings (SSSR count). The summed E-state index contributed by atoms with van der Waals surface area (Å²) in [5.41, 5.74) is 3.02. The van der Waals surface area contributed by atoms with Crippen LogP contribution in [0.25, 0.3) is 0 Å². The Kier molecular flexibility index (Phi) is 7.85. The van der Waals surface area contributed by atoms with E-state index in [4.69, 9.17) is 0 Å². The van der Waals surface area contributed by atoms with Gasteiger partial charge in [0, 0.05) is 52.5 Å². The Bertz CT molecular complexity index is 765. The summed E-state index contributed by atoms with van der Waals surface area (Å²) in [5.74, 6) is 0.827. The molecule has 0 saturated carbocycles. The molecule has 0 radical (unpaired) electrons. The molecule has 146 valence electrons. The maximum atomic E-state index is 12.1. The number of nitrogens with zero attached hydrogens (tertiary/aromatic N) is 4. The summed E-state index contributed by atoms with van der Waals surface area (Å²) in [7, 11) is 5.45. The highest BCUT2D eigenvalue weighted by molar-refractivity contribution is 5.94. The average Bonchev–Trinajstić information content (AvgIpc) is 3.06. The molecule has 1 heterocycles. The predicted molar refractivity (Wildman–Crippen MR) is 109 cm³/mol. The van der Waals surface area contributed by atoms with E-state index < -0.39 is 0 Å². The molecule has 0 atom stereocenters. The van der Waals surface area contributed by atoms with Crippen molar-refractivity contribution in [2.45, 2.75) is 19.8 Å². The molecule has 0 saturated heterocycles. The molecule has 0 bridgehead atoms. The zero-order valence-electron chi connectivity index (χ0n) is 16.7. The minimum Gasteiger partial charge on any atom is -0.357 e. The molecule has 7 nitrogen and oxygen atoms in total. The van der Waals surface area contributed by atoms with Gasteiger partial charge in [-0.15, -0.1) is 0 Å². The quantitative estimate of drug-likeness (QED) is 0.545. The minimum atomic E-state index is 0.0192. The number of amides is 1. The van der Waals surface area contributed by atoms with Crippen molar-refractivity contribution in [2.24, 2.45) is 12.0 Å². The van der Waals surface area contributed by atoms with Crippen LogP contribution in [0.1, 0.15) is 28.4 Å². The fourth-order valence-electron chi connectivity index (χ4n) is 2.68. The van der Waals surface area contributed by atoms with E-state index in [-0.39, 0.29) is 5.91 Å². The Labute approximate surface area is 161 Å². The van der Waals surface area contributed by atoms with Crippen LogP contribution in [-0.2, 0) is 19.9 Å². The largest absolute Gasteiger partial charge is 0.357 e. The van der Waals surface area contributed by atoms with E-state index in [0.717, 1.165) is 37.5 Å². The first kappa shape index (κ1) is 20.5. The first-order valence-electron chi connectivity index (χ1n) is 9.30. The lowest BCUT2D eigenvalue weighted by Crippen LogP contribution is -2.38. The zero-order chi connectivity index (χ0) is 19.6. The topological polar surface area (TPSA) is 74.6 Å². The summed E-state index contributed by atoms with van der Waals surface area (Å²) in [6, 6.07) is 7.75. The van der Waals surface area contributed by atoms with Crippen LogP contribution in [0, 0.1) is 0 Å². The molecule has 2 N–H and O–H groups in total. The van der Waals surface area contributed by atoms with Crippen molar-refractivity contribution < 1.29 is 4.79 Å². The van der Waals surface area contributed by atoms with E-state index in [1.165, 1.54) is 5.56 Å². The summed E-state index contributed by atoms with van der Waals surface area (Å²) in [6.45, 7) is 4.31. The van der Waals surface area contributed by atoms with Gasteiger partial charge in [-0.05, 0) is 43.0 Å². The van der Waals surface area contributed by atoms with Gasteiger partial charge in [0.25, 0.3) is 5.91 Å². The zero-order valence-corrected chi connectivity index (χ0v) is 16.7. The number of hydrogen-bond donors (Lipinski definition) is 2. The molecular formula is C20H30N6O. The number of guanidine groups is 1. The molecule has 0 fully saturated rings. The van der Waals surface area contributed by atoms with Crippen molar-refractivity contribution in [3.63, 3.8) is 0 Å². The van der Waals surface area contributed by atoms with Gasteiger partial charge in [-0.2, -0.15) is 5.10 Å². The van der Waals surface area contributed by atoms with Gasteiger partial charge in [0.05, 0.1) is 6.20 Å². The van der Waals surface area contributed by atoms with Crippen LogP contribution in [0.4, 0.5) is 0 Å². The van der Waals surface area contributed by atoms with Crippen molar-refractivity contribution in [1.82, 2.24) is 25.3 Å². The van der Waals surface area contributed by atoms with Crippen LogP contribution in [0.2, 0.25) is 0 Å². The lowest BCUT2D eigenvalue weighted by molar-refractivity contribution is 0.0827. The highest BCUT2D eigenvalue weighted by Crippen LogP contribution is 2.08. The Hall–Kier alpha value is -2.83. The first-order valence-corrected chi connectivity index (χ1v) is 9.30. The standard InChI is InChI=1S/C20H30N6O/c1-5-21-20(23-12-10-17-14-24-26(4)15-17)22-11-9-16-7-6-8-18(13-16)19(27)25(2)3/h6-8,13-15H,5,9-12H2,1-4H3,(H2,21,22,23). The number of aromatic nitrogens is 2. The summed E-state index contributed by atoms with van der Waals surface area (Å²) in [5, 5.41) is 10.8. The second-order valence-electron chi connectivity index (χ2n) is 6.61. The third-order valence-electron chi connectivity index (χ3n) is 4.06. The lowest BCUT2D eigenvalue weighted by atomic mass is 10.1. The average molecular weight is 371 g/mol. The number of nitrogens with one attached hydrogen (secondary N) is 2. The van der Waals surface area contributed by atoms with E-state index >= 15 is 0 Å². The highest BCUT2D eigenvalue weighted by Gasteiger charge is 2.08. The fraction of sp³-hybridized carbons (Fsp3) is 0.450. The molecule has 1 aromatic carbocycles. The van der Waals surface area contributed by atoms with Crippen LogP contribution in [0.15, 0.2) is 41.7 Å². The van der Waals surface area contributed by atoms with Crippen LogP contribution >= 0.6 is 0 Å². The van der Waals surface area contributed by atoms with Crippen molar-refractivity contribution in [2.75, 3.05) is 33.7 Å². The monoisotopic (exact) mass is 370 g/mol. The molecule has 1 aromatic heterocycles. The lowest BCUT2D eigenvalue weighted by Gasteiger charge is -2.12. The normalized spacial score (nSPS) is 11.3. The van der Waals surface area contributed by atoms with Crippen LogP contribution < -0.4 is 10.6 Å². The summed E-state index contributed by atoms with van der Waals surface area (Å²) < 4.78 is 1.81. The van der Waals surface area contributed by atoms with Crippen molar-refractivity contribution >= 4 is 11.9 Å².